The Labute approximate surface area is 54.1 Å². The Balaban J connectivity index is 2.27. The molecule has 2 rings (SSSR count). The SMILES string of the molecule is O=S1(=O)CC2(CC2)CO1. The molecule has 0 aromatic rings. The first-order valence-electron chi connectivity index (χ1n) is 2.99. The molecule has 0 aromatic carbocycles. The average molecular weight is 148 g/mol. The number of hydrogen-bond donors (Lipinski definition) is 0. The number of hydrogen-bond acceptors (Lipinski definition) is 3. The van der Waals surface area contributed by atoms with Gasteiger partial charge in [-0.3, -0.25) is 4.18 Å². The van der Waals surface area contributed by atoms with Gasteiger partial charge >= 0.3 is 0 Å². The van der Waals surface area contributed by atoms with Crippen molar-refractivity contribution < 1.29 is 12.6 Å². The predicted molar refractivity (Wildman–Crippen MR) is 31.4 cm³/mol. The zero-order chi connectivity index (χ0) is 6.54. The van der Waals surface area contributed by atoms with Crippen molar-refractivity contribution in [2.75, 3.05) is 12.4 Å². The van der Waals surface area contributed by atoms with Gasteiger partial charge in [-0.25, -0.2) is 0 Å². The van der Waals surface area contributed by atoms with Crippen molar-refractivity contribution in [3.05, 3.63) is 0 Å². The lowest BCUT2D eigenvalue weighted by Gasteiger charge is -1.92. The molecule has 1 aliphatic heterocycles. The van der Waals surface area contributed by atoms with Crippen LogP contribution in [-0.2, 0) is 14.3 Å². The molecule has 0 aromatic heterocycles. The van der Waals surface area contributed by atoms with Crippen LogP contribution in [0.2, 0.25) is 0 Å². The van der Waals surface area contributed by atoms with Crippen LogP contribution in [0, 0.1) is 5.41 Å². The highest BCUT2D eigenvalue weighted by atomic mass is 32.2. The third kappa shape index (κ3) is 0.861. The van der Waals surface area contributed by atoms with Crippen molar-refractivity contribution in [3.8, 4) is 0 Å². The minimum Gasteiger partial charge on any atom is -0.269 e. The van der Waals surface area contributed by atoms with Gasteiger partial charge in [0.1, 0.15) is 0 Å². The molecule has 2 aliphatic rings. The summed E-state index contributed by atoms with van der Waals surface area (Å²) >= 11 is 0. The Morgan fingerprint density at radius 3 is 2.22 bits per heavy atom. The van der Waals surface area contributed by atoms with Crippen molar-refractivity contribution in [2.45, 2.75) is 12.8 Å². The molecule has 4 heteroatoms. The Kier molecular flexibility index (Phi) is 0.833. The first kappa shape index (κ1) is 5.68. The molecule has 1 saturated carbocycles. The van der Waals surface area contributed by atoms with Crippen molar-refractivity contribution in [3.63, 3.8) is 0 Å². The Morgan fingerprint density at radius 1 is 1.33 bits per heavy atom. The molecule has 0 N–H and O–H groups in total. The highest BCUT2D eigenvalue weighted by molar-refractivity contribution is 7.87. The largest absolute Gasteiger partial charge is 0.269 e. The molecule has 0 radical (unpaired) electrons. The summed E-state index contributed by atoms with van der Waals surface area (Å²) in [4.78, 5) is 0. The number of rotatable bonds is 0. The summed E-state index contributed by atoms with van der Waals surface area (Å²) in [5.74, 6) is 0.264. The first-order valence-corrected chi connectivity index (χ1v) is 4.57. The third-order valence-electron chi connectivity index (χ3n) is 1.98. The summed E-state index contributed by atoms with van der Waals surface area (Å²) in [5.41, 5.74) is 0.0683. The van der Waals surface area contributed by atoms with Gasteiger partial charge in [-0.05, 0) is 12.8 Å². The fourth-order valence-electron chi connectivity index (χ4n) is 1.14. The highest BCUT2D eigenvalue weighted by Crippen LogP contribution is 2.50. The molecule has 2 fully saturated rings. The van der Waals surface area contributed by atoms with Gasteiger partial charge in [-0.15, -0.1) is 0 Å². The Hall–Kier alpha value is -0.0900. The quantitative estimate of drug-likeness (QED) is 0.458. The lowest BCUT2D eigenvalue weighted by atomic mass is 10.2. The highest BCUT2D eigenvalue weighted by Gasteiger charge is 2.52. The van der Waals surface area contributed by atoms with Crippen LogP contribution in [0.1, 0.15) is 12.8 Å². The van der Waals surface area contributed by atoms with E-state index < -0.39 is 10.1 Å². The zero-order valence-corrected chi connectivity index (χ0v) is 5.78. The first-order chi connectivity index (χ1) is 4.12. The van der Waals surface area contributed by atoms with Crippen LogP contribution in [0.4, 0.5) is 0 Å². The summed E-state index contributed by atoms with van der Waals surface area (Å²) in [6, 6.07) is 0. The van der Waals surface area contributed by atoms with E-state index in [1.165, 1.54) is 0 Å². The van der Waals surface area contributed by atoms with Crippen LogP contribution >= 0.6 is 0 Å². The van der Waals surface area contributed by atoms with Gasteiger partial charge in [0.25, 0.3) is 10.1 Å². The van der Waals surface area contributed by atoms with Crippen LogP contribution in [0.5, 0.6) is 0 Å². The van der Waals surface area contributed by atoms with Crippen LogP contribution in [0.15, 0.2) is 0 Å². The van der Waals surface area contributed by atoms with Gasteiger partial charge in [0.15, 0.2) is 0 Å². The molecule has 1 spiro atoms. The molecular formula is C5H8O3S. The second-order valence-electron chi connectivity index (χ2n) is 2.96. The molecule has 0 bridgehead atoms. The topological polar surface area (TPSA) is 43.4 Å². The summed E-state index contributed by atoms with van der Waals surface area (Å²) in [6.45, 7) is 0.440. The minimum atomic E-state index is -3.09. The van der Waals surface area contributed by atoms with Crippen molar-refractivity contribution >= 4 is 10.1 Å². The molecule has 0 atom stereocenters. The van der Waals surface area contributed by atoms with Crippen molar-refractivity contribution in [1.29, 1.82) is 0 Å². The van der Waals surface area contributed by atoms with E-state index in [1.54, 1.807) is 0 Å². The maximum absolute atomic E-state index is 10.7. The fourth-order valence-corrected chi connectivity index (χ4v) is 2.77. The average Bonchev–Trinajstić information content (AvgIpc) is 2.36. The van der Waals surface area contributed by atoms with Crippen LogP contribution in [0.3, 0.4) is 0 Å². The van der Waals surface area contributed by atoms with E-state index in [2.05, 4.69) is 4.18 Å². The zero-order valence-electron chi connectivity index (χ0n) is 4.96. The maximum atomic E-state index is 10.7. The van der Waals surface area contributed by atoms with Crippen LogP contribution in [0.25, 0.3) is 0 Å². The molecule has 0 amide bonds. The van der Waals surface area contributed by atoms with E-state index in [0.717, 1.165) is 12.8 Å². The molecule has 1 saturated heterocycles. The fraction of sp³-hybridized carbons (Fsp3) is 1.00. The molecular weight excluding hydrogens is 140 g/mol. The Bertz CT molecular complexity index is 225. The van der Waals surface area contributed by atoms with E-state index in [1.807, 2.05) is 0 Å². The lowest BCUT2D eigenvalue weighted by molar-refractivity contribution is 0.303. The van der Waals surface area contributed by atoms with Crippen LogP contribution < -0.4 is 0 Å². The van der Waals surface area contributed by atoms with Gasteiger partial charge in [0, 0.05) is 5.41 Å². The van der Waals surface area contributed by atoms with Gasteiger partial charge in [0.05, 0.1) is 12.4 Å². The maximum Gasteiger partial charge on any atom is 0.267 e. The van der Waals surface area contributed by atoms with E-state index >= 15 is 0 Å². The summed E-state index contributed by atoms with van der Waals surface area (Å²) in [7, 11) is -3.09. The van der Waals surface area contributed by atoms with Crippen molar-refractivity contribution in [2.24, 2.45) is 5.41 Å². The van der Waals surface area contributed by atoms with E-state index in [9.17, 15) is 8.42 Å². The van der Waals surface area contributed by atoms with E-state index in [4.69, 9.17) is 0 Å². The Morgan fingerprint density at radius 2 is 2.00 bits per heavy atom. The van der Waals surface area contributed by atoms with E-state index in [0.29, 0.717) is 6.61 Å². The van der Waals surface area contributed by atoms with Gasteiger partial charge in [-0.2, -0.15) is 8.42 Å². The monoisotopic (exact) mass is 148 g/mol. The summed E-state index contributed by atoms with van der Waals surface area (Å²) in [6.07, 6.45) is 2.07. The normalized spacial score (nSPS) is 35.1. The second kappa shape index (κ2) is 1.32. The molecule has 0 unspecified atom stereocenters. The van der Waals surface area contributed by atoms with Crippen LogP contribution in [-0.4, -0.2) is 20.8 Å². The predicted octanol–water partition coefficient (Wildman–Crippen LogP) is 0.127. The molecule has 1 aliphatic carbocycles. The van der Waals surface area contributed by atoms with E-state index in [-0.39, 0.29) is 11.2 Å². The third-order valence-corrected chi connectivity index (χ3v) is 3.43. The van der Waals surface area contributed by atoms with Gasteiger partial charge in [-0.1, -0.05) is 0 Å². The van der Waals surface area contributed by atoms with Gasteiger partial charge in [0.2, 0.25) is 0 Å². The molecule has 1 heterocycles. The van der Waals surface area contributed by atoms with Gasteiger partial charge < -0.3 is 0 Å². The smallest absolute Gasteiger partial charge is 0.267 e. The summed E-state index contributed by atoms with van der Waals surface area (Å²) < 4.78 is 25.9. The van der Waals surface area contributed by atoms with Crippen molar-refractivity contribution in [1.82, 2.24) is 0 Å². The second-order valence-corrected chi connectivity index (χ2v) is 4.60. The standard InChI is InChI=1S/C5H8O3S/c6-9(7)4-5(1-2-5)3-8-9/h1-4H2. The summed E-state index contributed by atoms with van der Waals surface area (Å²) in [5, 5.41) is 0. The molecule has 52 valence electrons. The molecule has 3 nitrogen and oxygen atoms in total. The minimum absolute atomic E-state index is 0.0683. The molecule has 9 heavy (non-hydrogen) atoms. The lowest BCUT2D eigenvalue weighted by Crippen LogP contribution is -2.04.